The Morgan fingerprint density at radius 3 is 2.87 bits per heavy atom. The molecule has 0 fully saturated rings. The van der Waals surface area contributed by atoms with Crippen LogP contribution in [-0.2, 0) is 19.1 Å². The van der Waals surface area contributed by atoms with Crippen molar-refractivity contribution in [2.45, 2.75) is 24.0 Å². The van der Waals surface area contributed by atoms with Crippen LogP contribution in [-0.4, -0.2) is 22.4 Å². The van der Waals surface area contributed by atoms with Crippen molar-refractivity contribution in [3.8, 4) is 0 Å². The molecule has 0 radical (unpaired) electrons. The summed E-state index contributed by atoms with van der Waals surface area (Å²) in [6, 6.07) is 7.59. The number of hydrogen-bond acceptors (Lipinski definition) is 7. The van der Waals surface area contributed by atoms with Gasteiger partial charge in [-0.1, -0.05) is 6.07 Å². The van der Waals surface area contributed by atoms with E-state index in [1.807, 2.05) is 0 Å². The van der Waals surface area contributed by atoms with E-state index in [2.05, 4.69) is 15.3 Å². The predicted molar refractivity (Wildman–Crippen MR) is 111 cm³/mol. The maximum absolute atomic E-state index is 13.3. The summed E-state index contributed by atoms with van der Waals surface area (Å²) in [6.45, 7) is 0.921. The van der Waals surface area contributed by atoms with Crippen LogP contribution < -0.4 is 15.4 Å². The number of benzene rings is 1. The van der Waals surface area contributed by atoms with E-state index in [1.165, 1.54) is 0 Å². The van der Waals surface area contributed by atoms with Gasteiger partial charge in [-0.15, -0.1) is 11.3 Å². The fourth-order valence-corrected chi connectivity index (χ4v) is 4.30. The number of anilines is 2. The Labute approximate surface area is 178 Å². The van der Waals surface area contributed by atoms with E-state index in [-0.39, 0.29) is 11.4 Å². The molecule has 4 rings (SSSR count). The van der Waals surface area contributed by atoms with Gasteiger partial charge in [0, 0.05) is 34.6 Å². The maximum Gasteiger partial charge on any atom is 0.417 e. The molecule has 0 aliphatic carbocycles. The molecule has 2 aromatic heterocycles. The van der Waals surface area contributed by atoms with E-state index < -0.39 is 17.6 Å². The number of nitrogens with zero attached hydrogens (tertiary/aromatic N) is 3. The van der Waals surface area contributed by atoms with Crippen LogP contribution in [0.25, 0.3) is 0 Å². The Kier molecular flexibility index (Phi) is 5.67. The highest BCUT2D eigenvalue weighted by molar-refractivity contribution is 7.97. The summed E-state index contributed by atoms with van der Waals surface area (Å²) in [7, 11) is 0. The zero-order valence-corrected chi connectivity index (χ0v) is 17.1. The second kappa shape index (κ2) is 8.25. The van der Waals surface area contributed by atoms with Crippen LogP contribution in [0.15, 0.2) is 46.9 Å². The Hall–Kier alpha value is -2.63. The maximum atomic E-state index is 13.3. The molecule has 0 atom stereocenters. The molecule has 1 aliphatic rings. The van der Waals surface area contributed by atoms with Gasteiger partial charge in [-0.05, 0) is 36.2 Å². The molecule has 3 aromatic rings. The van der Waals surface area contributed by atoms with Crippen molar-refractivity contribution in [1.82, 2.24) is 9.97 Å². The van der Waals surface area contributed by atoms with Crippen LogP contribution in [0, 0.1) is 0 Å². The van der Waals surface area contributed by atoms with Crippen LogP contribution in [0.3, 0.4) is 0 Å². The number of carbonyl (C=O) groups excluding carboxylic acids is 1. The Bertz CT molecular complexity index is 1090. The summed E-state index contributed by atoms with van der Waals surface area (Å²) in [5.74, 6) is -0.477. The lowest BCUT2D eigenvalue weighted by molar-refractivity contribution is -0.137. The van der Waals surface area contributed by atoms with Gasteiger partial charge >= 0.3 is 6.18 Å². The highest BCUT2D eigenvalue weighted by Gasteiger charge is 2.34. The van der Waals surface area contributed by atoms with Gasteiger partial charge in [0.1, 0.15) is 5.82 Å². The topological polar surface area (TPSA) is 84.1 Å². The molecule has 0 bridgehead atoms. The van der Waals surface area contributed by atoms with E-state index in [0.29, 0.717) is 30.1 Å². The van der Waals surface area contributed by atoms with Crippen molar-refractivity contribution >= 4 is 40.7 Å². The molecule has 0 spiro atoms. The van der Waals surface area contributed by atoms with Gasteiger partial charge in [-0.3, -0.25) is 9.93 Å². The highest BCUT2D eigenvalue weighted by atomic mass is 32.2. The largest absolute Gasteiger partial charge is 0.417 e. The van der Waals surface area contributed by atoms with Crippen LogP contribution in [0.5, 0.6) is 0 Å². The van der Waals surface area contributed by atoms with Gasteiger partial charge < -0.3 is 10.2 Å². The van der Waals surface area contributed by atoms with Gasteiger partial charge in [0.25, 0.3) is 5.91 Å². The van der Waals surface area contributed by atoms with E-state index >= 15 is 0 Å². The van der Waals surface area contributed by atoms with Crippen molar-refractivity contribution < 1.29 is 18.0 Å². The SMILES string of the molecule is NSc1cccc(NC(=O)c2cc(C(F)(F)F)cnc2N2CCc3scnc3C2)c1. The number of pyridine rings is 1. The average molecular weight is 451 g/mol. The summed E-state index contributed by atoms with van der Waals surface area (Å²) in [4.78, 5) is 24.9. The molecule has 1 aromatic carbocycles. The average Bonchev–Trinajstić information content (AvgIpc) is 3.20. The van der Waals surface area contributed by atoms with Crippen molar-refractivity contribution in [1.29, 1.82) is 0 Å². The summed E-state index contributed by atoms with van der Waals surface area (Å²) in [5, 5.41) is 8.19. The lowest BCUT2D eigenvalue weighted by atomic mass is 10.1. The second-order valence-electron chi connectivity index (χ2n) is 6.59. The minimum Gasteiger partial charge on any atom is -0.350 e. The second-order valence-corrected chi connectivity index (χ2v) is 8.23. The van der Waals surface area contributed by atoms with E-state index in [4.69, 9.17) is 5.14 Å². The van der Waals surface area contributed by atoms with E-state index in [0.717, 1.165) is 34.8 Å². The molecule has 6 nitrogen and oxygen atoms in total. The molecule has 30 heavy (non-hydrogen) atoms. The molecule has 1 amide bonds. The number of nitrogens with two attached hydrogens (primary N) is 1. The third-order valence-corrected chi connectivity index (χ3v) is 6.10. The smallest absolute Gasteiger partial charge is 0.350 e. The number of carbonyl (C=O) groups is 1. The molecule has 0 saturated heterocycles. The molecular weight excluding hydrogens is 435 g/mol. The molecule has 3 N–H and O–H groups in total. The summed E-state index contributed by atoms with van der Waals surface area (Å²) in [6.07, 6.45) is -3.16. The Balaban J connectivity index is 1.69. The molecular formula is C19H16F3N5OS2. The number of fused-ring (bicyclic) bond motifs is 1. The van der Waals surface area contributed by atoms with Gasteiger partial charge in [0.15, 0.2) is 0 Å². The number of thiazole rings is 1. The fraction of sp³-hybridized carbons (Fsp3) is 0.211. The molecule has 0 unspecified atom stereocenters. The number of aromatic nitrogens is 2. The van der Waals surface area contributed by atoms with Gasteiger partial charge in [0.2, 0.25) is 0 Å². The minimum atomic E-state index is -4.61. The van der Waals surface area contributed by atoms with E-state index in [9.17, 15) is 18.0 Å². The van der Waals surface area contributed by atoms with E-state index in [1.54, 1.807) is 46.0 Å². The molecule has 156 valence electrons. The first kappa shape index (κ1) is 20.6. The van der Waals surface area contributed by atoms with Gasteiger partial charge in [-0.25, -0.2) is 9.97 Å². The highest BCUT2D eigenvalue weighted by Crippen LogP contribution is 2.33. The van der Waals surface area contributed by atoms with Crippen LogP contribution >= 0.6 is 23.3 Å². The molecule has 1 aliphatic heterocycles. The number of halogens is 3. The number of hydrogen-bond donors (Lipinski definition) is 2. The molecule has 11 heteroatoms. The number of rotatable bonds is 4. The molecule has 0 saturated carbocycles. The zero-order chi connectivity index (χ0) is 21.3. The zero-order valence-electron chi connectivity index (χ0n) is 15.4. The number of amides is 1. The van der Waals surface area contributed by atoms with Crippen LogP contribution in [0.4, 0.5) is 24.7 Å². The third-order valence-electron chi connectivity index (χ3n) is 4.64. The summed E-state index contributed by atoms with van der Waals surface area (Å²) >= 11 is 2.55. The third kappa shape index (κ3) is 4.27. The number of nitrogens with one attached hydrogen (secondary N) is 1. The first-order valence-electron chi connectivity index (χ1n) is 8.86. The van der Waals surface area contributed by atoms with Crippen molar-refractivity contribution in [2.24, 2.45) is 5.14 Å². The summed E-state index contributed by atoms with van der Waals surface area (Å²) < 4.78 is 39.8. The first-order valence-corrected chi connectivity index (χ1v) is 10.6. The Morgan fingerprint density at radius 1 is 1.27 bits per heavy atom. The van der Waals surface area contributed by atoms with Crippen molar-refractivity contribution in [3.63, 3.8) is 0 Å². The fourth-order valence-electron chi connectivity index (χ4n) is 3.18. The van der Waals surface area contributed by atoms with Crippen molar-refractivity contribution in [3.05, 3.63) is 63.7 Å². The minimum absolute atomic E-state index is 0.144. The molecule has 3 heterocycles. The van der Waals surface area contributed by atoms with Crippen LogP contribution in [0.2, 0.25) is 0 Å². The number of alkyl halides is 3. The summed E-state index contributed by atoms with van der Waals surface area (Å²) in [5.41, 5.74) is 1.90. The lowest BCUT2D eigenvalue weighted by Crippen LogP contribution is -2.33. The lowest BCUT2D eigenvalue weighted by Gasteiger charge is -2.29. The predicted octanol–water partition coefficient (Wildman–Crippen LogP) is 4.34. The monoisotopic (exact) mass is 451 g/mol. The quantitative estimate of drug-likeness (QED) is 0.574. The van der Waals surface area contributed by atoms with Gasteiger partial charge in [-0.2, -0.15) is 13.2 Å². The standard InChI is InChI=1S/C19H16F3N5OS2/c20-19(21,22)11-6-14(18(28)26-12-2-1-3-13(7-12)30-23)17(24-8-11)27-5-4-16-15(9-27)25-10-29-16/h1-3,6-8,10H,4-5,9,23H2,(H,26,28). The normalized spacial score (nSPS) is 13.8. The van der Waals surface area contributed by atoms with Crippen molar-refractivity contribution in [2.75, 3.05) is 16.8 Å². The van der Waals surface area contributed by atoms with Gasteiger partial charge in [0.05, 0.1) is 28.9 Å². The Morgan fingerprint density at radius 2 is 2.10 bits per heavy atom. The first-order chi connectivity index (χ1) is 14.3. The van der Waals surface area contributed by atoms with Crippen LogP contribution in [0.1, 0.15) is 26.5 Å².